The van der Waals surface area contributed by atoms with E-state index in [2.05, 4.69) is 54.9 Å². The first-order chi connectivity index (χ1) is 14.2. The summed E-state index contributed by atoms with van der Waals surface area (Å²) in [4.78, 5) is 19.2. The number of nitrogens with zero attached hydrogens (tertiary/aromatic N) is 8. The van der Waals surface area contributed by atoms with E-state index < -0.39 is 0 Å². The van der Waals surface area contributed by atoms with Gasteiger partial charge in [0.2, 0.25) is 11.7 Å². The summed E-state index contributed by atoms with van der Waals surface area (Å²) in [5, 5.41) is 10.5. The summed E-state index contributed by atoms with van der Waals surface area (Å²) < 4.78 is 7.38. The lowest BCUT2D eigenvalue weighted by Gasteiger charge is -2.37. The average molecular weight is 411 g/mol. The number of hydrogen-bond donors (Lipinski definition) is 0. The second-order valence-electron chi connectivity index (χ2n) is 7.06. The molecule has 0 aliphatic carbocycles. The number of hydrogen-bond acceptors (Lipinski definition) is 9. The summed E-state index contributed by atoms with van der Waals surface area (Å²) in [7, 11) is 0. The SMILES string of the molecule is CCc1cc(N2CCN(C(C)c3nc(-c4cccs4)no3)CC2)n2ncnc2n1. The Balaban J connectivity index is 1.30. The molecule has 150 valence electrons. The lowest BCUT2D eigenvalue weighted by Crippen LogP contribution is -2.47. The maximum absolute atomic E-state index is 5.55. The summed E-state index contributed by atoms with van der Waals surface area (Å²) in [6, 6.07) is 6.20. The van der Waals surface area contributed by atoms with Crippen LogP contribution in [-0.2, 0) is 6.42 Å². The van der Waals surface area contributed by atoms with Crippen molar-refractivity contribution in [3.8, 4) is 10.7 Å². The first-order valence-corrected chi connectivity index (χ1v) is 10.7. The molecule has 5 heterocycles. The fourth-order valence-corrected chi connectivity index (χ4v) is 4.30. The van der Waals surface area contributed by atoms with Crippen molar-refractivity contribution < 1.29 is 4.52 Å². The van der Waals surface area contributed by atoms with E-state index in [4.69, 9.17) is 4.52 Å². The Morgan fingerprint density at radius 1 is 1.21 bits per heavy atom. The molecule has 10 heteroatoms. The van der Waals surface area contributed by atoms with Crippen molar-refractivity contribution in [3.05, 3.63) is 41.5 Å². The van der Waals surface area contributed by atoms with Gasteiger partial charge in [0.05, 0.1) is 10.9 Å². The zero-order valence-electron chi connectivity index (χ0n) is 16.4. The first kappa shape index (κ1) is 18.2. The van der Waals surface area contributed by atoms with Crippen molar-refractivity contribution in [2.45, 2.75) is 26.3 Å². The minimum absolute atomic E-state index is 0.0772. The van der Waals surface area contributed by atoms with E-state index in [9.17, 15) is 0 Å². The molecule has 4 aromatic rings. The highest BCUT2D eigenvalue weighted by Crippen LogP contribution is 2.27. The number of anilines is 1. The highest BCUT2D eigenvalue weighted by atomic mass is 32.1. The molecular formula is C19H22N8OS. The quantitative estimate of drug-likeness (QED) is 0.496. The molecule has 1 fully saturated rings. The van der Waals surface area contributed by atoms with Crippen LogP contribution in [0.5, 0.6) is 0 Å². The standard InChI is InChI=1S/C19H22N8OS/c1-3-14-11-16(27-19(22-14)20-12-21-27)26-8-6-25(7-9-26)13(2)18-23-17(24-28-18)15-5-4-10-29-15/h4-5,10-13H,3,6-9H2,1-2H3. The van der Waals surface area contributed by atoms with Crippen molar-refractivity contribution in [1.29, 1.82) is 0 Å². The molecule has 0 aromatic carbocycles. The molecule has 0 saturated carbocycles. The van der Waals surface area contributed by atoms with Gasteiger partial charge in [-0.1, -0.05) is 18.1 Å². The highest BCUT2D eigenvalue weighted by Gasteiger charge is 2.27. The molecule has 5 rings (SSSR count). The normalized spacial score (nSPS) is 16.6. The number of thiophene rings is 1. The number of piperazine rings is 1. The summed E-state index contributed by atoms with van der Waals surface area (Å²) in [6.07, 6.45) is 2.43. The van der Waals surface area contributed by atoms with Gasteiger partial charge in [-0.05, 0) is 24.8 Å². The van der Waals surface area contributed by atoms with Crippen molar-refractivity contribution in [2.24, 2.45) is 0 Å². The first-order valence-electron chi connectivity index (χ1n) is 9.79. The van der Waals surface area contributed by atoms with Crippen LogP contribution in [-0.4, -0.2) is 60.8 Å². The fourth-order valence-electron chi connectivity index (χ4n) is 3.66. The Morgan fingerprint density at radius 2 is 2.07 bits per heavy atom. The van der Waals surface area contributed by atoms with E-state index in [1.807, 2.05) is 22.0 Å². The summed E-state index contributed by atoms with van der Waals surface area (Å²) in [5.74, 6) is 3.03. The van der Waals surface area contributed by atoms with Gasteiger partial charge in [-0.2, -0.15) is 19.6 Å². The second kappa shape index (κ2) is 7.53. The maximum Gasteiger partial charge on any atom is 0.254 e. The van der Waals surface area contributed by atoms with Crippen molar-refractivity contribution in [2.75, 3.05) is 31.1 Å². The maximum atomic E-state index is 5.55. The largest absolute Gasteiger partial charge is 0.354 e. The van der Waals surface area contributed by atoms with Gasteiger partial charge in [0.1, 0.15) is 12.1 Å². The molecule has 4 aromatic heterocycles. The van der Waals surface area contributed by atoms with E-state index in [1.54, 1.807) is 17.7 Å². The van der Waals surface area contributed by atoms with Gasteiger partial charge < -0.3 is 9.42 Å². The summed E-state index contributed by atoms with van der Waals surface area (Å²) >= 11 is 1.62. The van der Waals surface area contributed by atoms with Crippen LogP contribution in [0.25, 0.3) is 16.5 Å². The van der Waals surface area contributed by atoms with Crippen LogP contribution in [0.4, 0.5) is 5.82 Å². The van der Waals surface area contributed by atoms with Crippen LogP contribution in [0.3, 0.4) is 0 Å². The topological polar surface area (TPSA) is 88.5 Å². The number of fused-ring (bicyclic) bond motifs is 1. The van der Waals surface area contributed by atoms with Gasteiger partial charge in [-0.25, -0.2) is 4.98 Å². The zero-order chi connectivity index (χ0) is 19.8. The van der Waals surface area contributed by atoms with E-state index in [1.165, 1.54) is 0 Å². The third kappa shape index (κ3) is 3.38. The lowest BCUT2D eigenvalue weighted by molar-refractivity contribution is 0.164. The second-order valence-corrected chi connectivity index (χ2v) is 8.01. The molecule has 1 aliphatic heterocycles. The Hall–Kier alpha value is -2.85. The highest BCUT2D eigenvalue weighted by molar-refractivity contribution is 7.13. The van der Waals surface area contributed by atoms with E-state index >= 15 is 0 Å². The van der Waals surface area contributed by atoms with Crippen LogP contribution in [0.1, 0.15) is 31.5 Å². The summed E-state index contributed by atoms with van der Waals surface area (Å²) in [6.45, 7) is 7.80. The van der Waals surface area contributed by atoms with Gasteiger partial charge in [0, 0.05) is 37.9 Å². The molecule has 0 radical (unpaired) electrons. The molecule has 0 N–H and O–H groups in total. The molecule has 1 atom stereocenters. The molecule has 0 spiro atoms. The smallest absolute Gasteiger partial charge is 0.254 e. The Morgan fingerprint density at radius 3 is 2.83 bits per heavy atom. The minimum atomic E-state index is 0.0772. The molecule has 1 saturated heterocycles. The molecule has 1 aliphatic rings. The van der Waals surface area contributed by atoms with Gasteiger partial charge in [-0.15, -0.1) is 11.3 Å². The third-order valence-corrected chi connectivity index (χ3v) is 6.24. The Kier molecular flexibility index (Phi) is 4.72. The fraction of sp³-hybridized carbons (Fsp3) is 0.421. The van der Waals surface area contributed by atoms with E-state index in [0.29, 0.717) is 17.5 Å². The van der Waals surface area contributed by atoms with Crippen molar-refractivity contribution >= 4 is 22.9 Å². The molecule has 29 heavy (non-hydrogen) atoms. The van der Waals surface area contributed by atoms with Crippen LogP contribution in [0.15, 0.2) is 34.4 Å². The predicted molar refractivity (Wildman–Crippen MR) is 110 cm³/mol. The van der Waals surface area contributed by atoms with Crippen molar-refractivity contribution in [1.82, 2.24) is 34.6 Å². The molecule has 0 amide bonds. The lowest BCUT2D eigenvalue weighted by atomic mass is 10.2. The van der Waals surface area contributed by atoms with Crippen LogP contribution >= 0.6 is 11.3 Å². The molecule has 0 bridgehead atoms. The molecule has 1 unspecified atom stereocenters. The predicted octanol–water partition coefficient (Wildman–Crippen LogP) is 2.68. The van der Waals surface area contributed by atoms with Crippen LogP contribution in [0, 0.1) is 0 Å². The monoisotopic (exact) mass is 410 g/mol. The van der Waals surface area contributed by atoms with Crippen LogP contribution in [0.2, 0.25) is 0 Å². The van der Waals surface area contributed by atoms with Gasteiger partial charge in [0.15, 0.2) is 0 Å². The van der Waals surface area contributed by atoms with Gasteiger partial charge in [0.25, 0.3) is 5.78 Å². The van der Waals surface area contributed by atoms with E-state index in [-0.39, 0.29) is 6.04 Å². The number of aryl methyl sites for hydroxylation is 1. The van der Waals surface area contributed by atoms with Gasteiger partial charge >= 0.3 is 0 Å². The third-order valence-electron chi connectivity index (χ3n) is 5.37. The van der Waals surface area contributed by atoms with Gasteiger partial charge in [-0.3, -0.25) is 4.90 Å². The Bertz CT molecular complexity index is 1100. The summed E-state index contributed by atoms with van der Waals surface area (Å²) in [5.41, 5.74) is 1.03. The average Bonchev–Trinajstić information content (AvgIpc) is 3.53. The Labute approximate surface area is 172 Å². The minimum Gasteiger partial charge on any atom is -0.354 e. The number of rotatable bonds is 5. The van der Waals surface area contributed by atoms with Crippen molar-refractivity contribution in [3.63, 3.8) is 0 Å². The van der Waals surface area contributed by atoms with E-state index in [0.717, 1.165) is 49.0 Å². The van der Waals surface area contributed by atoms with Crippen LogP contribution < -0.4 is 4.90 Å². The molecule has 9 nitrogen and oxygen atoms in total. The number of aromatic nitrogens is 6. The zero-order valence-corrected chi connectivity index (χ0v) is 17.2. The molecular weight excluding hydrogens is 388 g/mol.